The van der Waals surface area contributed by atoms with Crippen molar-refractivity contribution >= 4 is 12.1 Å². The Morgan fingerprint density at radius 1 is 1.27 bits per heavy atom. The zero-order valence-corrected chi connectivity index (χ0v) is 17.6. The summed E-state index contributed by atoms with van der Waals surface area (Å²) in [5, 5.41) is 21.7. The van der Waals surface area contributed by atoms with Crippen LogP contribution in [-0.4, -0.2) is 45.5 Å². The van der Waals surface area contributed by atoms with Crippen LogP contribution in [0.5, 0.6) is 5.75 Å². The highest BCUT2D eigenvalue weighted by atomic mass is 16.5. The third kappa shape index (κ3) is 4.15. The summed E-state index contributed by atoms with van der Waals surface area (Å²) in [4.78, 5) is 13.1. The molecule has 1 atom stereocenters. The van der Waals surface area contributed by atoms with Crippen molar-refractivity contribution in [1.82, 2.24) is 14.6 Å². The number of aromatic nitrogens is 3. The van der Waals surface area contributed by atoms with Crippen molar-refractivity contribution in [2.45, 2.75) is 44.8 Å². The van der Waals surface area contributed by atoms with Gasteiger partial charge in [-0.3, -0.25) is 4.79 Å². The van der Waals surface area contributed by atoms with Gasteiger partial charge in [0.15, 0.2) is 17.2 Å². The van der Waals surface area contributed by atoms with E-state index in [1.807, 2.05) is 34.8 Å². The van der Waals surface area contributed by atoms with Gasteiger partial charge in [0.1, 0.15) is 0 Å². The molecule has 0 amide bonds. The van der Waals surface area contributed by atoms with Crippen LogP contribution in [0.1, 0.15) is 49.7 Å². The predicted octanol–water partition coefficient (Wildman–Crippen LogP) is 3.36. The summed E-state index contributed by atoms with van der Waals surface area (Å²) in [6.45, 7) is 4.15. The molecular weight excluding hydrogens is 386 g/mol. The number of rotatable bonds is 6. The van der Waals surface area contributed by atoms with Gasteiger partial charge in [-0.15, -0.1) is 5.10 Å². The maximum absolute atomic E-state index is 10.0. The number of benzene rings is 1. The first-order valence-electron chi connectivity index (χ1n) is 9.70. The first-order chi connectivity index (χ1) is 14.4. The van der Waals surface area contributed by atoms with Gasteiger partial charge < -0.3 is 19.7 Å². The molecule has 8 heteroatoms. The molecule has 3 aromatic rings. The largest absolute Gasteiger partial charge is 0.493 e. The molecule has 1 unspecified atom stereocenters. The van der Waals surface area contributed by atoms with E-state index >= 15 is 0 Å². The fraction of sp³-hybridized carbons (Fsp3) is 0.409. The van der Waals surface area contributed by atoms with Crippen LogP contribution < -0.4 is 4.74 Å². The molecule has 1 aromatic carbocycles. The smallest absolute Gasteiger partial charge is 0.290 e. The first-order valence-corrected chi connectivity index (χ1v) is 9.70. The number of nitrogens with zero attached hydrogens (tertiary/aromatic N) is 3. The van der Waals surface area contributed by atoms with Gasteiger partial charge in [-0.25, -0.2) is 9.50 Å². The molecule has 30 heavy (non-hydrogen) atoms. The van der Waals surface area contributed by atoms with Crippen LogP contribution in [0.2, 0.25) is 0 Å². The van der Waals surface area contributed by atoms with Crippen LogP contribution in [0.4, 0.5) is 0 Å². The van der Waals surface area contributed by atoms with Crippen molar-refractivity contribution in [3.8, 4) is 17.0 Å². The van der Waals surface area contributed by atoms with Crippen molar-refractivity contribution in [2.24, 2.45) is 0 Å². The highest BCUT2D eigenvalue weighted by molar-refractivity contribution is 5.68. The van der Waals surface area contributed by atoms with Gasteiger partial charge in [0.25, 0.3) is 6.47 Å². The molecule has 8 nitrogen and oxygen atoms in total. The third-order valence-corrected chi connectivity index (χ3v) is 5.40. The molecule has 2 aromatic heterocycles. The van der Waals surface area contributed by atoms with Crippen molar-refractivity contribution in [3.63, 3.8) is 0 Å². The minimum atomic E-state index is -0.548. The number of hydrogen-bond donors (Lipinski definition) is 2. The Kier molecular flexibility index (Phi) is 6.38. The molecule has 0 spiro atoms. The van der Waals surface area contributed by atoms with Crippen LogP contribution in [0, 0.1) is 0 Å². The number of methoxy groups -OCH3 is 2. The second-order valence-electron chi connectivity index (χ2n) is 7.65. The van der Waals surface area contributed by atoms with Crippen LogP contribution in [-0.2, 0) is 21.6 Å². The Labute approximate surface area is 175 Å². The van der Waals surface area contributed by atoms with Gasteiger partial charge in [0.2, 0.25) is 0 Å². The molecule has 1 aliphatic carbocycles. The van der Waals surface area contributed by atoms with Crippen molar-refractivity contribution in [3.05, 3.63) is 47.3 Å². The zero-order chi connectivity index (χ0) is 21.9. The fourth-order valence-electron chi connectivity index (χ4n) is 3.44. The molecular formula is C22H27N3O5. The summed E-state index contributed by atoms with van der Waals surface area (Å²) in [5.41, 5.74) is 4.57. The predicted molar refractivity (Wildman–Crippen MR) is 112 cm³/mol. The van der Waals surface area contributed by atoms with E-state index in [1.54, 1.807) is 21.1 Å². The Morgan fingerprint density at radius 3 is 2.53 bits per heavy atom. The van der Waals surface area contributed by atoms with Crippen molar-refractivity contribution < 1.29 is 24.5 Å². The SMILES string of the molecule is COCc1cc(-c2ccc(OC)c3nc(C4(C)CC4)nn23)ccc1C(C)O.O=CO. The minimum absolute atomic E-state index is 0.0751. The summed E-state index contributed by atoms with van der Waals surface area (Å²) < 4.78 is 12.7. The van der Waals surface area contributed by atoms with Gasteiger partial charge in [-0.2, -0.15) is 0 Å². The van der Waals surface area contributed by atoms with Crippen molar-refractivity contribution in [2.75, 3.05) is 14.2 Å². The maximum Gasteiger partial charge on any atom is 0.290 e. The Hall–Kier alpha value is -2.97. The number of aliphatic hydroxyl groups excluding tert-OH is 1. The summed E-state index contributed by atoms with van der Waals surface area (Å²) in [5.74, 6) is 1.57. The number of ether oxygens (including phenoxy) is 2. The molecule has 0 aliphatic heterocycles. The normalized spacial score (nSPS) is 15.2. The van der Waals surface area contributed by atoms with E-state index in [0.717, 1.165) is 46.7 Å². The molecule has 0 saturated heterocycles. The van der Waals surface area contributed by atoms with E-state index in [9.17, 15) is 5.11 Å². The van der Waals surface area contributed by atoms with Crippen LogP contribution in [0.15, 0.2) is 30.3 Å². The van der Waals surface area contributed by atoms with Crippen LogP contribution in [0.3, 0.4) is 0 Å². The third-order valence-electron chi connectivity index (χ3n) is 5.40. The number of fused-ring (bicyclic) bond motifs is 1. The molecule has 2 N–H and O–H groups in total. The molecule has 1 fully saturated rings. The van der Waals surface area contributed by atoms with E-state index < -0.39 is 6.10 Å². The highest BCUT2D eigenvalue weighted by Crippen LogP contribution is 2.46. The molecule has 1 saturated carbocycles. The van der Waals surface area contributed by atoms with E-state index in [4.69, 9.17) is 29.5 Å². The Morgan fingerprint density at radius 2 is 1.97 bits per heavy atom. The van der Waals surface area contributed by atoms with Crippen LogP contribution in [0.25, 0.3) is 16.9 Å². The standard InChI is InChI=1S/C21H25N3O3.CH2O2/c1-13(25)16-6-5-14(11-15(16)12-26-3)17-7-8-18(27-4)19-22-20(23-24(17)19)21(2)9-10-21;2-1-3/h5-8,11,13,25H,9-10,12H2,1-4H3;1H,(H,2,3). The topological polar surface area (TPSA) is 106 Å². The second kappa shape index (κ2) is 8.81. The number of pyridine rings is 1. The monoisotopic (exact) mass is 413 g/mol. The zero-order valence-electron chi connectivity index (χ0n) is 17.6. The van der Waals surface area contributed by atoms with Gasteiger partial charge in [0, 0.05) is 18.1 Å². The van der Waals surface area contributed by atoms with E-state index in [0.29, 0.717) is 12.4 Å². The number of carbonyl (C=O) groups is 1. The van der Waals surface area contributed by atoms with E-state index in [-0.39, 0.29) is 11.9 Å². The quantitative estimate of drug-likeness (QED) is 0.597. The van der Waals surface area contributed by atoms with Gasteiger partial charge in [-0.05, 0) is 49.1 Å². The lowest BCUT2D eigenvalue weighted by atomic mass is 9.99. The molecule has 0 bridgehead atoms. The minimum Gasteiger partial charge on any atom is -0.493 e. The lowest BCUT2D eigenvalue weighted by molar-refractivity contribution is -0.122. The highest BCUT2D eigenvalue weighted by Gasteiger charge is 2.43. The lowest BCUT2D eigenvalue weighted by Crippen LogP contribution is -2.04. The van der Waals surface area contributed by atoms with Gasteiger partial charge in [-0.1, -0.05) is 19.1 Å². The summed E-state index contributed by atoms with van der Waals surface area (Å²) in [7, 11) is 3.31. The summed E-state index contributed by atoms with van der Waals surface area (Å²) >= 11 is 0. The van der Waals surface area contributed by atoms with E-state index in [1.165, 1.54) is 0 Å². The lowest BCUT2D eigenvalue weighted by Gasteiger charge is -2.14. The average Bonchev–Trinajstić information content (AvgIpc) is 3.30. The molecule has 1 aliphatic rings. The summed E-state index contributed by atoms with van der Waals surface area (Å²) in [6.07, 6.45) is 1.68. The van der Waals surface area contributed by atoms with Gasteiger partial charge >= 0.3 is 0 Å². The molecule has 2 heterocycles. The Bertz CT molecular complexity index is 1040. The van der Waals surface area contributed by atoms with Crippen molar-refractivity contribution in [1.29, 1.82) is 0 Å². The molecule has 0 radical (unpaired) electrons. The summed E-state index contributed by atoms with van der Waals surface area (Å²) in [6, 6.07) is 9.92. The first kappa shape index (κ1) is 21.7. The molecule has 160 valence electrons. The van der Waals surface area contributed by atoms with Gasteiger partial charge in [0.05, 0.1) is 25.5 Å². The number of hydrogen-bond acceptors (Lipinski definition) is 6. The fourth-order valence-corrected chi connectivity index (χ4v) is 3.44. The average molecular weight is 413 g/mol. The Balaban J connectivity index is 0.000000806. The van der Waals surface area contributed by atoms with E-state index in [2.05, 4.69) is 6.92 Å². The van der Waals surface area contributed by atoms with Crippen LogP contribution >= 0.6 is 0 Å². The molecule has 4 rings (SSSR count). The number of aliphatic hydroxyl groups is 1. The number of carboxylic acid groups (broad SMARTS) is 1. The second-order valence-corrected chi connectivity index (χ2v) is 7.65. The maximum atomic E-state index is 10.0.